The summed E-state index contributed by atoms with van der Waals surface area (Å²) in [6.45, 7) is 9.56. The number of carbonyl (C=O) groups excluding carboxylic acids is 1. The summed E-state index contributed by atoms with van der Waals surface area (Å²) in [5.41, 5.74) is 1.26. The summed E-state index contributed by atoms with van der Waals surface area (Å²) < 4.78 is 32.1. The van der Waals surface area contributed by atoms with E-state index in [1.165, 1.54) is 10.4 Å². The van der Waals surface area contributed by atoms with Gasteiger partial charge >= 0.3 is 0 Å². The van der Waals surface area contributed by atoms with Gasteiger partial charge in [0.1, 0.15) is 0 Å². The number of hydrogen-bond acceptors (Lipinski definition) is 6. The zero-order valence-electron chi connectivity index (χ0n) is 17.2. The van der Waals surface area contributed by atoms with Gasteiger partial charge in [0.05, 0.1) is 17.1 Å². The van der Waals surface area contributed by atoms with Gasteiger partial charge in [-0.15, -0.1) is 0 Å². The van der Waals surface area contributed by atoms with Crippen LogP contribution in [-0.4, -0.2) is 72.9 Å². The zero-order valence-corrected chi connectivity index (χ0v) is 18.0. The first-order valence-corrected chi connectivity index (χ1v) is 11.3. The summed E-state index contributed by atoms with van der Waals surface area (Å²) in [6, 6.07) is 8.25. The van der Waals surface area contributed by atoms with Crippen LogP contribution in [0.4, 0.5) is 0 Å². The van der Waals surface area contributed by atoms with Gasteiger partial charge in [0.25, 0.3) is 5.91 Å². The Kier molecular flexibility index (Phi) is 6.71. The molecule has 158 valence electrons. The minimum atomic E-state index is -3.59. The largest absolute Gasteiger partial charge is 0.360 e. The van der Waals surface area contributed by atoms with Crippen LogP contribution in [0.25, 0.3) is 0 Å². The second-order valence-electron chi connectivity index (χ2n) is 7.12. The second kappa shape index (κ2) is 9.06. The molecule has 29 heavy (non-hydrogen) atoms. The average molecular weight is 421 g/mol. The lowest BCUT2D eigenvalue weighted by Crippen LogP contribution is -2.48. The smallest absolute Gasteiger partial charge is 0.253 e. The maximum absolute atomic E-state index is 12.9. The predicted octanol–water partition coefficient (Wildman–Crippen LogP) is 1.97. The van der Waals surface area contributed by atoms with E-state index in [1.54, 1.807) is 36.9 Å². The van der Waals surface area contributed by atoms with Gasteiger partial charge in [0.15, 0.2) is 5.76 Å². The van der Waals surface area contributed by atoms with Crippen molar-refractivity contribution in [1.29, 1.82) is 0 Å². The molecule has 2 heterocycles. The Labute approximate surface area is 172 Å². The van der Waals surface area contributed by atoms with E-state index >= 15 is 0 Å². The number of piperazine rings is 1. The number of amides is 1. The summed E-state index contributed by atoms with van der Waals surface area (Å²) in [5, 5.41) is 3.90. The molecule has 1 aromatic carbocycles. The van der Waals surface area contributed by atoms with Crippen LogP contribution in [0.5, 0.6) is 0 Å². The summed E-state index contributed by atoms with van der Waals surface area (Å²) in [5.74, 6) is 0.674. The molecule has 2 aromatic rings. The number of carbonyl (C=O) groups is 1. The van der Waals surface area contributed by atoms with Gasteiger partial charge in [0.2, 0.25) is 10.0 Å². The van der Waals surface area contributed by atoms with Crippen LogP contribution in [-0.2, 0) is 16.6 Å². The van der Waals surface area contributed by atoms with E-state index in [4.69, 9.17) is 4.52 Å². The van der Waals surface area contributed by atoms with Crippen LogP contribution >= 0.6 is 0 Å². The third-order valence-corrected chi connectivity index (χ3v) is 7.19. The number of hydrogen-bond donors (Lipinski definition) is 0. The van der Waals surface area contributed by atoms with Gasteiger partial charge in [-0.1, -0.05) is 25.1 Å². The van der Waals surface area contributed by atoms with Crippen molar-refractivity contribution in [3.05, 3.63) is 47.3 Å². The van der Waals surface area contributed by atoms with E-state index in [-0.39, 0.29) is 10.8 Å². The number of aromatic nitrogens is 1. The van der Waals surface area contributed by atoms with E-state index in [1.807, 2.05) is 13.0 Å². The highest BCUT2D eigenvalue weighted by Crippen LogP contribution is 2.19. The molecule has 1 saturated heterocycles. The van der Waals surface area contributed by atoms with E-state index in [0.717, 1.165) is 24.5 Å². The molecule has 1 fully saturated rings. The Balaban J connectivity index is 1.65. The molecule has 0 saturated carbocycles. The van der Waals surface area contributed by atoms with Crippen molar-refractivity contribution < 1.29 is 17.7 Å². The standard InChI is InChI=1S/C20H28N4O4S/c1-4-24(5-2)29(26,27)19-8-6-7-17(14-19)20(25)23-11-9-22(10-12-23)15-18-13-16(3)21-28-18/h6-8,13-14H,4-5,9-12,15H2,1-3H3. The van der Waals surface area contributed by atoms with Crippen LogP contribution < -0.4 is 0 Å². The summed E-state index contributed by atoms with van der Waals surface area (Å²) in [4.78, 5) is 17.1. The first kappa shape index (κ1) is 21.5. The van der Waals surface area contributed by atoms with Crippen molar-refractivity contribution in [3.8, 4) is 0 Å². The van der Waals surface area contributed by atoms with Crippen molar-refractivity contribution in [3.63, 3.8) is 0 Å². The number of rotatable bonds is 7. The molecule has 8 nitrogen and oxygen atoms in total. The highest BCUT2D eigenvalue weighted by atomic mass is 32.2. The van der Waals surface area contributed by atoms with E-state index < -0.39 is 10.0 Å². The van der Waals surface area contributed by atoms with Gasteiger partial charge in [-0.05, 0) is 25.1 Å². The average Bonchev–Trinajstić information content (AvgIpc) is 3.13. The number of benzene rings is 1. The SMILES string of the molecule is CCN(CC)S(=O)(=O)c1cccc(C(=O)N2CCN(Cc3cc(C)no3)CC2)c1. The van der Waals surface area contributed by atoms with E-state index in [2.05, 4.69) is 10.1 Å². The second-order valence-corrected chi connectivity index (χ2v) is 9.06. The number of nitrogens with zero attached hydrogens (tertiary/aromatic N) is 4. The van der Waals surface area contributed by atoms with Gasteiger partial charge in [0, 0.05) is 50.9 Å². The van der Waals surface area contributed by atoms with Crippen LogP contribution in [0, 0.1) is 6.92 Å². The third-order valence-electron chi connectivity index (χ3n) is 5.14. The molecule has 0 atom stereocenters. The molecule has 0 unspecified atom stereocenters. The van der Waals surface area contributed by atoms with Crippen molar-refractivity contribution >= 4 is 15.9 Å². The Hall–Kier alpha value is -2.23. The lowest BCUT2D eigenvalue weighted by Gasteiger charge is -2.34. The molecule has 1 aliphatic heterocycles. The molecule has 1 aliphatic rings. The van der Waals surface area contributed by atoms with Gasteiger partial charge < -0.3 is 9.42 Å². The molecular weight excluding hydrogens is 392 g/mol. The summed E-state index contributed by atoms with van der Waals surface area (Å²) >= 11 is 0. The fourth-order valence-corrected chi connectivity index (χ4v) is 5.01. The molecule has 1 amide bonds. The molecule has 0 bridgehead atoms. The highest BCUT2D eigenvalue weighted by molar-refractivity contribution is 7.89. The number of aryl methyl sites for hydroxylation is 1. The maximum Gasteiger partial charge on any atom is 0.253 e. The first-order valence-electron chi connectivity index (χ1n) is 9.89. The first-order chi connectivity index (χ1) is 13.8. The molecule has 0 radical (unpaired) electrons. The van der Waals surface area contributed by atoms with Crippen molar-refractivity contribution in [2.45, 2.75) is 32.2 Å². The van der Waals surface area contributed by atoms with Crippen LogP contribution in [0.2, 0.25) is 0 Å². The highest BCUT2D eigenvalue weighted by Gasteiger charge is 2.26. The maximum atomic E-state index is 12.9. The Bertz CT molecular complexity index is 945. The van der Waals surface area contributed by atoms with Crippen molar-refractivity contribution in [2.24, 2.45) is 0 Å². The molecular formula is C20H28N4O4S. The topological polar surface area (TPSA) is 87.0 Å². The van der Waals surface area contributed by atoms with E-state index in [0.29, 0.717) is 38.3 Å². The van der Waals surface area contributed by atoms with Gasteiger partial charge in [-0.3, -0.25) is 9.69 Å². The molecule has 0 aliphatic carbocycles. The minimum Gasteiger partial charge on any atom is -0.360 e. The lowest BCUT2D eigenvalue weighted by molar-refractivity contribution is 0.0617. The Morgan fingerprint density at radius 2 is 1.83 bits per heavy atom. The summed E-state index contributed by atoms with van der Waals surface area (Å²) in [7, 11) is -3.59. The summed E-state index contributed by atoms with van der Waals surface area (Å²) in [6.07, 6.45) is 0. The van der Waals surface area contributed by atoms with Gasteiger partial charge in [-0.25, -0.2) is 8.42 Å². The Morgan fingerprint density at radius 1 is 1.14 bits per heavy atom. The molecule has 0 N–H and O–H groups in total. The van der Waals surface area contributed by atoms with Crippen molar-refractivity contribution in [1.82, 2.24) is 19.3 Å². The molecule has 3 rings (SSSR count). The van der Waals surface area contributed by atoms with Crippen LogP contribution in [0.1, 0.15) is 35.7 Å². The quantitative estimate of drug-likeness (QED) is 0.681. The van der Waals surface area contributed by atoms with E-state index in [9.17, 15) is 13.2 Å². The Morgan fingerprint density at radius 3 is 2.41 bits per heavy atom. The number of sulfonamides is 1. The predicted molar refractivity (Wildman–Crippen MR) is 109 cm³/mol. The lowest BCUT2D eigenvalue weighted by atomic mass is 10.2. The zero-order chi connectivity index (χ0) is 21.0. The monoisotopic (exact) mass is 420 g/mol. The normalized spacial score (nSPS) is 15.8. The molecule has 1 aromatic heterocycles. The third kappa shape index (κ3) is 4.85. The fraction of sp³-hybridized carbons (Fsp3) is 0.500. The fourth-order valence-electron chi connectivity index (χ4n) is 3.51. The minimum absolute atomic E-state index is 0.142. The molecule has 9 heteroatoms. The molecule has 0 spiro atoms. The van der Waals surface area contributed by atoms with Crippen molar-refractivity contribution in [2.75, 3.05) is 39.3 Å². The van der Waals surface area contributed by atoms with Crippen LogP contribution in [0.15, 0.2) is 39.8 Å². The van der Waals surface area contributed by atoms with Gasteiger partial charge in [-0.2, -0.15) is 4.31 Å². The van der Waals surface area contributed by atoms with Crippen LogP contribution in [0.3, 0.4) is 0 Å².